The SMILES string of the molecule is O=C(O)COc1cccc2c1CCCC2CO/N=C(\Cc1cc[nH]c1)c1ccccc1. The summed E-state index contributed by atoms with van der Waals surface area (Å²) in [6, 6.07) is 17.9. The van der Waals surface area contributed by atoms with Crippen molar-refractivity contribution in [1.29, 1.82) is 0 Å². The minimum atomic E-state index is -0.974. The number of ether oxygens (including phenoxy) is 1. The van der Waals surface area contributed by atoms with Crippen molar-refractivity contribution >= 4 is 11.7 Å². The van der Waals surface area contributed by atoms with Crippen LogP contribution in [0.25, 0.3) is 0 Å². The molecule has 1 aliphatic carbocycles. The monoisotopic (exact) mass is 418 g/mol. The van der Waals surface area contributed by atoms with E-state index in [-0.39, 0.29) is 12.5 Å². The van der Waals surface area contributed by atoms with Gasteiger partial charge < -0.3 is 19.7 Å². The number of carboxylic acid groups (broad SMARTS) is 1. The van der Waals surface area contributed by atoms with E-state index in [1.54, 1.807) is 0 Å². The summed E-state index contributed by atoms with van der Waals surface area (Å²) in [6.07, 6.45) is 7.45. The number of oxime groups is 1. The molecule has 4 rings (SSSR count). The maximum atomic E-state index is 10.9. The van der Waals surface area contributed by atoms with Gasteiger partial charge >= 0.3 is 5.97 Å². The molecule has 0 radical (unpaired) electrons. The zero-order chi connectivity index (χ0) is 21.5. The highest BCUT2D eigenvalue weighted by Gasteiger charge is 2.24. The zero-order valence-corrected chi connectivity index (χ0v) is 17.3. The second-order valence-corrected chi connectivity index (χ2v) is 7.69. The van der Waals surface area contributed by atoms with Gasteiger partial charge in [0.15, 0.2) is 6.61 Å². The summed E-state index contributed by atoms with van der Waals surface area (Å²) in [6.45, 7) is 0.139. The van der Waals surface area contributed by atoms with Crippen molar-refractivity contribution < 1.29 is 19.5 Å². The number of nitrogens with one attached hydrogen (secondary N) is 1. The minimum absolute atomic E-state index is 0.199. The minimum Gasteiger partial charge on any atom is -0.482 e. The highest BCUT2D eigenvalue weighted by molar-refractivity contribution is 6.01. The average molecular weight is 418 g/mol. The molecule has 0 fully saturated rings. The van der Waals surface area contributed by atoms with Gasteiger partial charge in [-0.25, -0.2) is 4.79 Å². The molecule has 0 bridgehead atoms. The molecule has 3 aromatic rings. The lowest BCUT2D eigenvalue weighted by molar-refractivity contribution is -0.139. The van der Waals surface area contributed by atoms with Gasteiger partial charge in [0.25, 0.3) is 0 Å². The number of H-pyrrole nitrogens is 1. The number of hydrogen-bond donors (Lipinski definition) is 2. The molecule has 2 N–H and O–H groups in total. The number of carboxylic acids is 1. The smallest absolute Gasteiger partial charge is 0.341 e. The Labute approximate surface area is 181 Å². The van der Waals surface area contributed by atoms with Gasteiger partial charge in [0.2, 0.25) is 0 Å². The maximum absolute atomic E-state index is 10.9. The van der Waals surface area contributed by atoms with Crippen molar-refractivity contribution in [3.63, 3.8) is 0 Å². The van der Waals surface area contributed by atoms with Crippen molar-refractivity contribution in [1.82, 2.24) is 4.98 Å². The number of carbonyl (C=O) groups is 1. The van der Waals surface area contributed by atoms with Gasteiger partial charge in [-0.3, -0.25) is 0 Å². The molecule has 1 unspecified atom stereocenters. The van der Waals surface area contributed by atoms with Gasteiger partial charge in [0, 0.05) is 24.7 Å². The van der Waals surface area contributed by atoms with E-state index < -0.39 is 5.97 Å². The Morgan fingerprint density at radius 3 is 2.77 bits per heavy atom. The first kappa shape index (κ1) is 20.7. The Morgan fingerprint density at radius 1 is 1.13 bits per heavy atom. The summed E-state index contributed by atoms with van der Waals surface area (Å²) in [5.41, 5.74) is 5.32. The van der Waals surface area contributed by atoms with Gasteiger partial charge in [0.05, 0.1) is 5.71 Å². The van der Waals surface area contributed by atoms with Crippen LogP contribution >= 0.6 is 0 Å². The van der Waals surface area contributed by atoms with E-state index >= 15 is 0 Å². The molecular weight excluding hydrogens is 392 g/mol. The largest absolute Gasteiger partial charge is 0.482 e. The molecule has 1 atom stereocenters. The predicted octanol–water partition coefficient (Wildman–Crippen LogP) is 4.56. The van der Waals surface area contributed by atoms with Crippen LogP contribution in [-0.2, 0) is 22.5 Å². The lowest BCUT2D eigenvalue weighted by Gasteiger charge is -2.26. The van der Waals surface area contributed by atoms with Crippen molar-refractivity contribution in [3.8, 4) is 5.75 Å². The highest BCUT2D eigenvalue weighted by Crippen LogP contribution is 2.37. The summed E-state index contributed by atoms with van der Waals surface area (Å²) in [5.74, 6) is -0.116. The highest BCUT2D eigenvalue weighted by atomic mass is 16.6. The predicted molar refractivity (Wildman–Crippen MR) is 119 cm³/mol. The molecule has 2 aromatic carbocycles. The first-order valence-corrected chi connectivity index (χ1v) is 10.5. The summed E-state index contributed by atoms with van der Waals surface area (Å²) in [4.78, 5) is 19.8. The second-order valence-electron chi connectivity index (χ2n) is 7.69. The van der Waals surface area contributed by atoms with Crippen LogP contribution in [0.2, 0.25) is 0 Å². The van der Waals surface area contributed by atoms with Crippen molar-refractivity contribution in [3.05, 3.63) is 89.2 Å². The molecule has 0 saturated heterocycles. The zero-order valence-electron chi connectivity index (χ0n) is 17.3. The standard InChI is InChI=1S/C25H26N2O4/c28-25(29)17-30-24-11-5-9-21-20(8-4-10-22(21)24)16-31-27-23(14-18-12-13-26-15-18)19-6-2-1-3-7-19/h1-3,5-7,9,11-13,15,20,26H,4,8,10,14,16-17H2,(H,28,29)/b27-23+. The van der Waals surface area contributed by atoms with Crippen LogP contribution in [0.3, 0.4) is 0 Å². The number of benzene rings is 2. The summed E-state index contributed by atoms with van der Waals surface area (Å²) in [7, 11) is 0. The van der Waals surface area contributed by atoms with E-state index in [4.69, 9.17) is 14.7 Å². The number of aromatic nitrogens is 1. The van der Waals surface area contributed by atoms with Gasteiger partial charge in [-0.15, -0.1) is 0 Å². The van der Waals surface area contributed by atoms with Crippen LogP contribution < -0.4 is 4.74 Å². The first-order chi connectivity index (χ1) is 15.2. The third-order valence-corrected chi connectivity index (χ3v) is 5.53. The molecule has 0 saturated carbocycles. The van der Waals surface area contributed by atoms with Crippen LogP contribution in [0, 0.1) is 0 Å². The fourth-order valence-corrected chi connectivity index (χ4v) is 4.05. The normalized spacial score (nSPS) is 15.9. The van der Waals surface area contributed by atoms with E-state index in [1.165, 1.54) is 0 Å². The molecule has 6 heteroatoms. The molecule has 0 aliphatic heterocycles. The van der Waals surface area contributed by atoms with Gasteiger partial charge in [0.1, 0.15) is 12.4 Å². The third kappa shape index (κ3) is 5.34. The van der Waals surface area contributed by atoms with Crippen LogP contribution in [0.4, 0.5) is 0 Å². The van der Waals surface area contributed by atoms with Crippen LogP contribution in [0.5, 0.6) is 5.75 Å². The number of aromatic amines is 1. The lowest BCUT2D eigenvalue weighted by Crippen LogP contribution is -2.17. The quantitative estimate of drug-likeness (QED) is 0.394. The van der Waals surface area contributed by atoms with E-state index in [0.717, 1.165) is 47.2 Å². The number of aliphatic carboxylic acids is 1. The van der Waals surface area contributed by atoms with Crippen molar-refractivity contribution in [2.45, 2.75) is 31.6 Å². The summed E-state index contributed by atoms with van der Waals surface area (Å²) < 4.78 is 5.50. The van der Waals surface area contributed by atoms with Gasteiger partial charge in [-0.05, 0) is 53.6 Å². The lowest BCUT2D eigenvalue weighted by atomic mass is 9.83. The van der Waals surface area contributed by atoms with Crippen molar-refractivity contribution in [2.75, 3.05) is 13.2 Å². The molecule has 1 aliphatic rings. The molecule has 160 valence electrons. The Kier molecular flexibility index (Phi) is 6.67. The molecule has 1 heterocycles. The second kappa shape index (κ2) is 9.98. The first-order valence-electron chi connectivity index (χ1n) is 10.5. The van der Waals surface area contributed by atoms with E-state index in [9.17, 15) is 4.79 Å². The Bertz CT molecular complexity index is 1030. The Morgan fingerprint density at radius 2 is 2.00 bits per heavy atom. The van der Waals surface area contributed by atoms with Gasteiger partial charge in [-0.2, -0.15) is 0 Å². The number of rotatable bonds is 9. The number of fused-ring (bicyclic) bond motifs is 1. The number of nitrogens with zero attached hydrogens (tertiary/aromatic N) is 1. The maximum Gasteiger partial charge on any atom is 0.341 e. The molecule has 0 spiro atoms. The van der Waals surface area contributed by atoms with Crippen LogP contribution in [0.1, 0.15) is 41.0 Å². The molecule has 31 heavy (non-hydrogen) atoms. The van der Waals surface area contributed by atoms with E-state index in [1.807, 2.05) is 60.9 Å². The van der Waals surface area contributed by atoms with Gasteiger partial charge in [-0.1, -0.05) is 47.6 Å². The molecule has 1 aromatic heterocycles. The fraction of sp³-hybridized carbons (Fsp3) is 0.280. The third-order valence-electron chi connectivity index (χ3n) is 5.53. The van der Waals surface area contributed by atoms with E-state index in [0.29, 0.717) is 18.8 Å². The molecule has 6 nitrogen and oxygen atoms in total. The summed E-state index contributed by atoms with van der Waals surface area (Å²) >= 11 is 0. The van der Waals surface area contributed by atoms with E-state index in [2.05, 4.69) is 16.2 Å². The topological polar surface area (TPSA) is 83.9 Å². The number of hydrogen-bond acceptors (Lipinski definition) is 4. The van der Waals surface area contributed by atoms with Crippen LogP contribution in [0.15, 0.2) is 72.1 Å². The fourth-order valence-electron chi connectivity index (χ4n) is 4.05. The average Bonchev–Trinajstić information content (AvgIpc) is 3.31. The Balaban J connectivity index is 1.49. The summed E-state index contributed by atoms with van der Waals surface area (Å²) in [5, 5.41) is 13.4. The Hall–Kier alpha value is -3.54. The molecular formula is C25H26N2O4. The van der Waals surface area contributed by atoms with Crippen LogP contribution in [-0.4, -0.2) is 35.0 Å². The molecule has 0 amide bonds. The van der Waals surface area contributed by atoms with Crippen molar-refractivity contribution in [2.24, 2.45) is 5.16 Å².